The molecule has 3 heterocycles. The zero-order valence-electron chi connectivity index (χ0n) is 62.2. The van der Waals surface area contributed by atoms with Gasteiger partial charge in [0, 0.05) is 19.7 Å². The number of nitrogens with zero attached hydrogens (tertiary/aromatic N) is 1. The van der Waals surface area contributed by atoms with Crippen molar-refractivity contribution in [3.63, 3.8) is 0 Å². The fraction of sp³-hybridized carbons (Fsp3) is 0.371. The Morgan fingerprint density at radius 3 is 1.18 bits per heavy atom. The number of halogens is 3. The predicted octanol–water partition coefficient (Wildman–Crippen LogP) is 14.5. The number of aliphatic hydroxyl groups is 2. The molecule has 12 rings (SSSR count). The summed E-state index contributed by atoms with van der Waals surface area (Å²) in [6, 6.07) is 84.8. The second kappa shape index (κ2) is 44.0. The largest absolute Gasteiger partial charge is 0.445 e. The van der Waals surface area contributed by atoms with Crippen LogP contribution in [0.5, 0.6) is 0 Å². The van der Waals surface area contributed by atoms with Crippen molar-refractivity contribution in [3.8, 4) is 0 Å². The molecule has 23 heteroatoms. The molecule has 9 aromatic rings. The summed E-state index contributed by atoms with van der Waals surface area (Å²) in [5.41, 5.74) is 7.52. The van der Waals surface area contributed by atoms with Crippen molar-refractivity contribution in [1.29, 1.82) is 0 Å². The Morgan fingerprint density at radius 1 is 0.375 bits per heavy atom. The molecule has 0 aliphatic carbocycles. The lowest BCUT2D eigenvalue weighted by molar-refractivity contribution is -0.387. The lowest BCUT2D eigenvalue weighted by atomic mass is 9.94. The summed E-state index contributed by atoms with van der Waals surface area (Å²) >= 11 is 19.7. The lowest BCUT2D eigenvalue weighted by Gasteiger charge is -2.51. The molecule has 15 atom stereocenters. The van der Waals surface area contributed by atoms with E-state index < -0.39 is 114 Å². The molecule has 112 heavy (non-hydrogen) atoms. The maximum absolute atomic E-state index is 14.7. The van der Waals surface area contributed by atoms with E-state index in [0.717, 1.165) is 50.1 Å². The first-order chi connectivity index (χ1) is 54.9. The summed E-state index contributed by atoms with van der Waals surface area (Å²) in [7, 11) is 0. The number of amides is 2. The normalized spacial score (nSPS) is 23.9. The van der Waals surface area contributed by atoms with Crippen LogP contribution in [0.1, 0.15) is 69.3 Å². The number of nitrogens with one attached hydrogen (secondary N) is 1. The highest BCUT2D eigenvalue weighted by Gasteiger charge is 2.57. The number of hydrogen-bond acceptors (Lipinski definition) is 18. The van der Waals surface area contributed by atoms with Crippen LogP contribution >= 0.6 is 34.8 Å². The molecular weight excluding hydrogens is 1490 g/mol. The van der Waals surface area contributed by atoms with Gasteiger partial charge in [0.25, 0.3) is 9.70 Å². The molecule has 0 bridgehead atoms. The minimum absolute atomic E-state index is 0.00349. The summed E-state index contributed by atoms with van der Waals surface area (Å²) in [4.78, 5) is 30.3. The first kappa shape index (κ1) is 83.4. The van der Waals surface area contributed by atoms with Crippen molar-refractivity contribution in [2.75, 3.05) is 33.0 Å². The van der Waals surface area contributed by atoms with Gasteiger partial charge in [-0.15, -0.1) is 0 Å². The minimum atomic E-state index is -2.54. The van der Waals surface area contributed by atoms with Crippen molar-refractivity contribution in [3.05, 3.63) is 323 Å². The molecule has 3 saturated heterocycles. The average molecular weight is 1590 g/mol. The van der Waals surface area contributed by atoms with E-state index >= 15 is 0 Å². The zero-order valence-corrected chi connectivity index (χ0v) is 64.4. The molecule has 3 fully saturated rings. The third kappa shape index (κ3) is 25.2. The van der Waals surface area contributed by atoms with Gasteiger partial charge in [-0.3, -0.25) is 4.79 Å². The smallest absolute Gasteiger partial charge is 0.410 e. The predicted molar refractivity (Wildman–Crippen MR) is 422 cm³/mol. The van der Waals surface area contributed by atoms with Crippen molar-refractivity contribution >= 4 is 46.8 Å². The van der Waals surface area contributed by atoms with E-state index in [4.69, 9.17) is 101 Å². The standard InChI is InChI=1S/C89H97Cl3N2O18/c90-89(91,92)87(97)93-75-80(78(103-56-67-39-19-5-20-40-67)73(61-99-53-64-33-13-2-14-34-64)109-84(75)101-50-30-10-29-49-94(51-63-31-11-1-12-32-63)88(98)107-60-71-47-27-9-28-48-71)112-86-83(106-59-70-45-25-8-26-46-70)82(105-58-69-43-23-7-24-44-69)79(74(110-86)62-100-54-65-35-15-3-16-36-65)111-85-81(104-57-68-41-21-6-22-42-68)76(96)77(72(52-95)108-85)102-55-66-37-17-4-18-38-66/h1-9,11-28,31-48,72-86,95-96H,10,29-30,49-62H2,(H,93,97)/t72-,73-,74-,75-,76+,77-,78-,79+,80-,81-,82+,83-,84-,85-,86-/m1/s1. The number of hydrogen-bond donors (Lipinski definition) is 3. The Morgan fingerprint density at radius 2 is 0.732 bits per heavy atom. The third-order valence-corrected chi connectivity index (χ3v) is 19.9. The van der Waals surface area contributed by atoms with Crippen LogP contribution in [0.25, 0.3) is 0 Å². The Hall–Kier alpha value is -8.01. The second-order valence-electron chi connectivity index (χ2n) is 27.7. The number of benzene rings is 9. The number of rotatable bonds is 40. The van der Waals surface area contributed by atoms with Crippen LogP contribution in [-0.4, -0.2) is 156 Å². The molecule has 592 valence electrons. The van der Waals surface area contributed by atoms with Gasteiger partial charge < -0.3 is 86.7 Å². The SMILES string of the molecule is O=C(OCc1ccccc1)N(CCCCCO[C@@H]1O[C@H](COCc2ccccc2)[C@@H](OCc2ccccc2)[C@H](O[C@H]2O[C@H](COCc3ccccc3)[C@H](O[C@H]3O[C@H](CO)[C@@H](OCc4ccccc4)[C@H](O)[C@H]3OCc3ccccc3)[C@H](OCc3ccccc3)[C@H]2OCc2ccccc2)[C@H]1NC(=O)C(Cl)(Cl)Cl)Cc1ccccc1. The molecule has 0 unspecified atom stereocenters. The summed E-state index contributed by atoms with van der Waals surface area (Å²) in [6.07, 6.45) is -16.8. The van der Waals surface area contributed by atoms with Gasteiger partial charge in [-0.25, -0.2) is 4.79 Å². The number of ether oxygens (including phenoxy) is 14. The molecule has 3 aliphatic rings. The van der Waals surface area contributed by atoms with E-state index in [2.05, 4.69) is 5.32 Å². The first-order valence-corrected chi connectivity index (χ1v) is 39.1. The number of unbranched alkanes of at least 4 members (excludes halogenated alkanes) is 2. The maximum atomic E-state index is 14.7. The molecule has 0 aromatic heterocycles. The summed E-state index contributed by atoms with van der Waals surface area (Å²) in [5.74, 6) is -1.04. The third-order valence-electron chi connectivity index (χ3n) is 19.4. The monoisotopic (exact) mass is 1590 g/mol. The molecule has 9 aromatic carbocycles. The van der Waals surface area contributed by atoms with Gasteiger partial charge in [0.2, 0.25) is 0 Å². The van der Waals surface area contributed by atoms with Gasteiger partial charge in [-0.1, -0.05) is 308 Å². The zero-order chi connectivity index (χ0) is 77.5. The van der Waals surface area contributed by atoms with Gasteiger partial charge in [-0.2, -0.15) is 0 Å². The Bertz CT molecular complexity index is 4130. The number of carbonyl (C=O) groups excluding carboxylic acids is 2. The van der Waals surface area contributed by atoms with E-state index in [1.807, 2.05) is 273 Å². The van der Waals surface area contributed by atoms with Crippen molar-refractivity contribution in [1.82, 2.24) is 10.2 Å². The van der Waals surface area contributed by atoms with Crippen LogP contribution in [0.2, 0.25) is 0 Å². The Labute approximate surface area is 669 Å². The quantitative estimate of drug-likeness (QED) is 0.0240. The highest BCUT2D eigenvalue weighted by Crippen LogP contribution is 2.39. The molecular formula is C89H97Cl3N2O18. The fourth-order valence-electron chi connectivity index (χ4n) is 13.6. The van der Waals surface area contributed by atoms with Crippen molar-refractivity contribution in [2.24, 2.45) is 0 Å². The molecule has 3 N–H and O–H groups in total. The molecule has 20 nitrogen and oxygen atoms in total. The van der Waals surface area contributed by atoms with Gasteiger partial charge in [0.1, 0.15) is 79.8 Å². The number of aliphatic hydroxyl groups excluding tert-OH is 2. The molecule has 3 aliphatic heterocycles. The lowest BCUT2D eigenvalue weighted by Crippen LogP contribution is -2.70. The first-order valence-electron chi connectivity index (χ1n) is 37.9. The minimum Gasteiger partial charge on any atom is -0.445 e. The van der Waals surface area contributed by atoms with Crippen LogP contribution in [-0.2, 0) is 131 Å². The number of carbonyl (C=O) groups is 2. The van der Waals surface area contributed by atoms with Crippen LogP contribution in [0.4, 0.5) is 4.79 Å². The summed E-state index contributed by atoms with van der Waals surface area (Å²) < 4.78 is 95.1. The van der Waals surface area contributed by atoms with Crippen LogP contribution in [0.15, 0.2) is 273 Å². The fourth-order valence-corrected chi connectivity index (χ4v) is 13.8. The van der Waals surface area contributed by atoms with Crippen LogP contribution < -0.4 is 5.32 Å². The van der Waals surface area contributed by atoms with Crippen molar-refractivity contribution in [2.45, 2.75) is 175 Å². The Kier molecular flexibility index (Phi) is 32.8. The Balaban J connectivity index is 0.922. The highest BCUT2D eigenvalue weighted by molar-refractivity contribution is 6.76. The van der Waals surface area contributed by atoms with Gasteiger partial charge in [0.05, 0.1) is 66.1 Å². The van der Waals surface area contributed by atoms with Gasteiger partial charge in [-0.05, 0) is 69.3 Å². The van der Waals surface area contributed by atoms with Gasteiger partial charge in [0.15, 0.2) is 18.9 Å². The van der Waals surface area contributed by atoms with Gasteiger partial charge >= 0.3 is 6.09 Å². The molecule has 0 saturated carbocycles. The van der Waals surface area contributed by atoms with Crippen LogP contribution in [0.3, 0.4) is 0 Å². The van der Waals surface area contributed by atoms with E-state index in [1.165, 1.54) is 0 Å². The molecule has 0 spiro atoms. The molecule has 0 radical (unpaired) electrons. The van der Waals surface area contributed by atoms with Crippen molar-refractivity contribution < 1.29 is 86.1 Å². The second-order valence-corrected chi connectivity index (χ2v) is 30.0. The van der Waals surface area contributed by atoms with Crippen LogP contribution in [0, 0.1) is 0 Å². The van der Waals surface area contributed by atoms with E-state index in [9.17, 15) is 19.8 Å². The van der Waals surface area contributed by atoms with E-state index in [-0.39, 0.29) is 72.7 Å². The topological polar surface area (TPSA) is 219 Å². The number of alkyl halides is 3. The highest BCUT2D eigenvalue weighted by atomic mass is 35.6. The van der Waals surface area contributed by atoms with E-state index in [1.54, 1.807) is 4.90 Å². The summed E-state index contributed by atoms with van der Waals surface area (Å²) in [6.45, 7) is 0.322. The van der Waals surface area contributed by atoms with E-state index in [0.29, 0.717) is 32.4 Å². The maximum Gasteiger partial charge on any atom is 0.410 e. The molecule has 2 amide bonds. The summed E-state index contributed by atoms with van der Waals surface area (Å²) in [5, 5.41) is 27.1. The average Bonchev–Trinajstić information content (AvgIpc) is 0.762.